The minimum Gasteiger partial charge on any atom is -0.481 e. The average Bonchev–Trinajstić information content (AvgIpc) is 2.45. The summed E-state index contributed by atoms with van der Waals surface area (Å²) in [7, 11) is 0. The van der Waals surface area contributed by atoms with Crippen LogP contribution in [0.3, 0.4) is 0 Å². The molecule has 0 aliphatic carbocycles. The van der Waals surface area contributed by atoms with Gasteiger partial charge in [-0.05, 0) is 49.4 Å². The molecule has 0 aromatic heterocycles. The zero-order chi connectivity index (χ0) is 14.8. The Morgan fingerprint density at radius 2 is 1.90 bits per heavy atom. The third kappa shape index (κ3) is 3.07. The molecule has 2 aromatic rings. The van der Waals surface area contributed by atoms with Crippen molar-refractivity contribution < 1.29 is 9.53 Å². The number of hydrogen-bond donors (Lipinski definition) is 1. The first-order valence-electron chi connectivity index (χ1n) is 7.23. The summed E-state index contributed by atoms with van der Waals surface area (Å²) in [5.74, 6) is 0.714. The third-order valence-electron chi connectivity index (χ3n) is 3.74. The fourth-order valence-electron chi connectivity index (χ4n) is 2.76. The first-order valence-corrected chi connectivity index (χ1v) is 7.23. The highest BCUT2D eigenvalue weighted by molar-refractivity contribution is 5.95. The van der Waals surface area contributed by atoms with E-state index in [2.05, 4.69) is 42.6 Å². The first kappa shape index (κ1) is 13.7. The molecule has 1 N–H and O–H groups in total. The van der Waals surface area contributed by atoms with Crippen LogP contribution in [0.2, 0.25) is 0 Å². The molecule has 0 saturated heterocycles. The Morgan fingerprint density at radius 3 is 2.71 bits per heavy atom. The molecule has 1 amide bonds. The second-order valence-electron chi connectivity index (χ2n) is 5.62. The molecule has 0 unspecified atom stereocenters. The Balaban J connectivity index is 1.78. The Kier molecular flexibility index (Phi) is 3.65. The van der Waals surface area contributed by atoms with Crippen LogP contribution in [0.25, 0.3) is 0 Å². The molecule has 3 nitrogen and oxygen atoms in total. The van der Waals surface area contributed by atoms with Crippen molar-refractivity contribution in [1.82, 2.24) is 0 Å². The summed E-state index contributed by atoms with van der Waals surface area (Å²) in [6.07, 6.45) is 1.95. The molecule has 1 aliphatic rings. The van der Waals surface area contributed by atoms with Gasteiger partial charge in [0.1, 0.15) is 5.75 Å². The molecule has 2 aromatic carbocycles. The number of hydrogen-bond acceptors (Lipinski definition) is 2. The Hall–Kier alpha value is -2.29. The van der Waals surface area contributed by atoms with Crippen LogP contribution in [0.4, 0.5) is 5.69 Å². The van der Waals surface area contributed by atoms with Crippen molar-refractivity contribution in [1.29, 1.82) is 0 Å². The molecule has 1 heterocycles. The number of rotatable bonds is 3. The molecular weight excluding hydrogens is 262 g/mol. The predicted octanol–water partition coefficient (Wildman–Crippen LogP) is 3.42. The minimum atomic E-state index is -0.0854. The monoisotopic (exact) mass is 281 g/mol. The van der Waals surface area contributed by atoms with Crippen LogP contribution in [-0.4, -0.2) is 12.5 Å². The van der Waals surface area contributed by atoms with E-state index >= 15 is 0 Å². The van der Waals surface area contributed by atoms with Gasteiger partial charge in [0.2, 0.25) is 0 Å². The molecule has 21 heavy (non-hydrogen) atoms. The van der Waals surface area contributed by atoms with Gasteiger partial charge in [-0.25, -0.2) is 0 Å². The molecule has 0 spiro atoms. The van der Waals surface area contributed by atoms with Crippen molar-refractivity contribution in [3.05, 3.63) is 58.7 Å². The molecule has 0 fully saturated rings. The van der Waals surface area contributed by atoms with Crippen molar-refractivity contribution in [3.63, 3.8) is 0 Å². The van der Waals surface area contributed by atoms with Gasteiger partial charge < -0.3 is 10.1 Å². The zero-order valence-electron chi connectivity index (χ0n) is 12.4. The molecule has 0 bridgehead atoms. The van der Waals surface area contributed by atoms with Crippen molar-refractivity contribution >= 4 is 11.6 Å². The van der Waals surface area contributed by atoms with E-state index < -0.39 is 0 Å². The fraction of sp³-hybridized carbons (Fsp3) is 0.278. The van der Waals surface area contributed by atoms with Crippen LogP contribution >= 0.6 is 0 Å². The van der Waals surface area contributed by atoms with E-state index in [0.29, 0.717) is 0 Å². The molecule has 0 atom stereocenters. The first-order chi connectivity index (χ1) is 10.1. The van der Waals surface area contributed by atoms with Gasteiger partial charge in [0.25, 0.3) is 5.91 Å². The Bertz CT molecular complexity index is 692. The molecule has 1 aliphatic heterocycles. The van der Waals surface area contributed by atoms with Gasteiger partial charge in [-0.1, -0.05) is 35.9 Å². The highest BCUT2D eigenvalue weighted by Gasteiger charge is 2.18. The SMILES string of the molecule is Cc1cccc(CCc2cc(C)c3c(c2)NC(=O)CO3)c1. The summed E-state index contributed by atoms with van der Waals surface area (Å²) < 4.78 is 5.49. The highest BCUT2D eigenvalue weighted by atomic mass is 16.5. The van der Waals surface area contributed by atoms with Crippen LogP contribution in [0.15, 0.2) is 36.4 Å². The van der Waals surface area contributed by atoms with Gasteiger partial charge in [-0.2, -0.15) is 0 Å². The maximum atomic E-state index is 11.4. The standard InChI is InChI=1S/C18H19NO2/c1-12-4-3-5-14(8-12)6-7-15-9-13(2)18-16(10-15)19-17(20)11-21-18/h3-5,8-10H,6-7,11H2,1-2H3,(H,19,20). The minimum absolute atomic E-state index is 0.0854. The Morgan fingerprint density at radius 1 is 1.10 bits per heavy atom. The van der Waals surface area contributed by atoms with E-state index in [4.69, 9.17) is 4.74 Å². The van der Waals surface area contributed by atoms with Crippen LogP contribution in [-0.2, 0) is 17.6 Å². The van der Waals surface area contributed by atoms with E-state index in [0.717, 1.165) is 29.8 Å². The Labute approximate surface area is 124 Å². The van der Waals surface area contributed by atoms with Crippen molar-refractivity contribution in [2.45, 2.75) is 26.7 Å². The number of amides is 1. The van der Waals surface area contributed by atoms with Crippen molar-refractivity contribution in [2.75, 3.05) is 11.9 Å². The fourth-order valence-corrected chi connectivity index (χ4v) is 2.76. The van der Waals surface area contributed by atoms with Crippen LogP contribution in [0.5, 0.6) is 5.75 Å². The van der Waals surface area contributed by atoms with Crippen LogP contribution in [0, 0.1) is 13.8 Å². The van der Waals surface area contributed by atoms with Gasteiger partial charge in [0.15, 0.2) is 6.61 Å². The smallest absolute Gasteiger partial charge is 0.262 e. The van der Waals surface area contributed by atoms with E-state index in [1.54, 1.807) is 0 Å². The number of carbonyl (C=O) groups is 1. The van der Waals surface area contributed by atoms with Gasteiger partial charge >= 0.3 is 0 Å². The van der Waals surface area contributed by atoms with Gasteiger partial charge in [-0.3, -0.25) is 4.79 Å². The number of carbonyl (C=O) groups excluding carboxylic acids is 1. The highest BCUT2D eigenvalue weighted by Crippen LogP contribution is 2.33. The maximum Gasteiger partial charge on any atom is 0.262 e. The number of anilines is 1. The lowest BCUT2D eigenvalue weighted by Crippen LogP contribution is -2.26. The zero-order valence-corrected chi connectivity index (χ0v) is 12.4. The normalized spacial score (nSPS) is 13.3. The van der Waals surface area contributed by atoms with E-state index in [1.807, 2.05) is 13.0 Å². The van der Waals surface area contributed by atoms with Crippen molar-refractivity contribution in [2.24, 2.45) is 0 Å². The van der Waals surface area contributed by atoms with Gasteiger partial charge in [0, 0.05) is 0 Å². The molecule has 3 rings (SSSR count). The summed E-state index contributed by atoms with van der Waals surface area (Å²) in [6.45, 7) is 4.24. The lowest BCUT2D eigenvalue weighted by atomic mass is 10.00. The number of aryl methyl sites for hydroxylation is 4. The predicted molar refractivity (Wildman–Crippen MR) is 83.9 cm³/mol. The van der Waals surface area contributed by atoms with E-state index in [9.17, 15) is 4.79 Å². The van der Waals surface area contributed by atoms with E-state index in [1.165, 1.54) is 16.7 Å². The maximum absolute atomic E-state index is 11.4. The van der Waals surface area contributed by atoms with E-state index in [-0.39, 0.29) is 12.5 Å². The van der Waals surface area contributed by atoms with Gasteiger partial charge in [0.05, 0.1) is 5.69 Å². The van der Waals surface area contributed by atoms with Crippen LogP contribution < -0.4 is 10.1 Å². The second kappa shape index (κ2) is 5.60. The largest absolute Gasteiger partial charge is 0.481 e. The third-order valence-corrected chi connectivity index (χ3v) is 3.74. The molecular formula is C18H19NO2. The number of fused-ring (bicyclic) bond motifs is 1. The summed E-state index contributed by atoms with van der Waals surface area (Å²) >= 11 is 0. The van der Waals surface area contributed by atoms with Crippen molar-refractivity contribution in [3.8, 4) is 5.75 Å². The van der Waals surface area contributed by atoms with Crippen LogP contribution in [0.1, 0.15) is 22.3 Å². The summed E-state index contributed by atoms with van der Waals surface area (Å²) in [5.41, 5.74) is 5.72. The number of nitrogens with one attached hydrogen (secondary N) is 1. The number of ether oxygens (including phenoxy) is 1. The average molecular weight is 281 g/mol. The van der Waals surface area contributed by atoms with Gasteiger partial charge in [-0.15, -0.1) is 0 Å². The summed E-state index contributed by atoms with van der Waals surface area (Å²) in [5, 5.41) is 2.88. The second-order valence-corrected chi connectivity index (χ2v) is 5.62. The molecule has 0 saturated carbocycles. The molecule has 3 heteroatoms. The molecule has 108 valence electrons. The topological polar surface area (TPSA) is 38.3 Å². The quantitative estimate of drug-likeness (QED) is 0.936. The lowest BCUT2D eigenvalue weighted by molar-refractivity contribution is -0.118. The summed E-state index contributed by atoms with van der Waals surface area (Å²) in [6, 6.07) is 12.7. The number of benzene rings is 2. The lowest BCUT2D eigenvalue weighted by Gasteiger charge is -2.21. The molecule has 0 radical (unpaired) electrons. The summed E-state index contributed by atoms with van der Waals surface area (Å²) in [4.78, 5) is 11.4.